The Balaban J connectivity index is 1.81. The number of likely N-dealkylation sites (N-methyl/N-ethyl adjacent to an activating group) is 1. The van der Waals surface area contributed by atoms with Gasteiger partial charge < -0.3 is 15.4 Å². The van der Waals surface area contributed by atoms with Gasteiger partial charge in [-0.15, -0.1) is 0 Å². The maximum atomic E-state index is 12.3. The third kappa shape index (κ3) is 3.88. The lowest BCUT2D eigenvalue weighted by molar-refractivity contribution is -0.136. The number of nitrogens with zero attached hydrogens (tertiary/aromatic N) is 2. The molecule has 0 spiro atoms. The molecule has 21 heavy (non-hydrogen) atoms. The van der Waals surface area contributed by atoms with E-state index in [1.54, 1.807) is 6.07 Å². The molecule has 1 amide bonds. The van der Waals surface area contributed by atoms with E-state index >= 15 is 0 Å². The third-order valence-corrected chi connectivity index (χ3v) is 4.16. The van der Waals surface area contributed by atoms with Gasteiger partial charge >= 0.3 is 0 Å². The average molecular weight is 291 g/mol. The summed E-state index contributed by atoms with van der Waals surface area (Å²) in [5.41, 5.74) is 6.43. The number of rotatable bonds is 4. The molecule has 0 bridgehead atoms. The van der Waals surface area contributed by atoms with E-state index in [9.17, 15) is 4.79 Å². The number of piperazine rings is 1. The fourth-order valence-corrected chi connectivity index (χ4v) is 2.47. The largest absolute Gasteiger partial charge is 0.491 e. The van der Waals surface area contributed by atoms with Gasteiger partial charge in [0.1, 0.15) is 5.75 Å². The summed E-state index contributed by atoms with van der Waals surface area (Å²) in [6, 6.07) is 7.34. The van der Waals surface area contributed by atoms with E-state index in [1.165, 1.54) is 0 Å². The molecule has 1 saturated heterocycles. The van der Waals surface area contributed by atoms with E-state index < -0.39 is 0 Å². The van der Waals surface area contributed by atoms with Crippen LogP contribution in [-0.2, 0) is 4.79 Å². The highest BCUT2D eigenvalue weighted by molar-refractivity contribution is 5.76. The number of para-hydroxylation sites is 2. The number of nitrogens with two attached hydrogens (primary N) is 1. The Morgan fingerprint density at radius 1 is 1.33 bits per heavy atom. The minimum absolute atomic E-state index is 0.0264. The van der Waals surface area contributed by atoms with Crippen molar-refractivity contribution < 1.29 is 9.53 Å². The normalized spacial score (nSPS) is 18.5. The van der Waals surface area contributed by atoms with E-state index in [2.05, 4.69) is 25.8 Å². The number of benzene rings is 1. The van der Waals surface area contributed by atoms with Crippen LogP contribution >= 0.6 is 0 Å². The highest BCUT2D eigenvalue weighted by atomic mass is 16.5. The molecule has 0 aliphatic carbocycles. The van der Waals surface area contributed by atoms with Gasteiger partial charge in [-0.3, -0.25) is 9.69 Å². The molecule has 5 nitrogen and oxygen atoms in total. The van der Waals surface area contributed by atoms with Crippen molar-refractivity contribution in [3.8, 4) is 5.75 Å². The van der Waals surface area contributed by atoms with Crippen LogP contribution in [0.15, 0.2) is 24.3 Å². The Morgan fingerprint density at radius 3 is 2.71 bits per heavy atom. The molecule has 1 aliphatic heterocycles. The highest BCUT2D eigenvalue weighted by Crippen LogP contribution is 2.21. The maximum absolute atomic E-state index is 12.3. The van der Waals surface area contributed by atoms with Crippen molar-refractivity contribution in [2.24, 2.45) is 0 Å². The highest BCUT2D eigenvalue weighted by Gasteiger charge is 2.32. The first-order valence-electron chi connectivity index (χ1n) is 7.36. The van der Waals surface area contributed by atoms with Gasteiger partial charge in [0.05, 0.1) is 18.7 Å². The monoisotopic (exact) mass is 291 g/mol. The standard InChI is InChI=1S/C16H25N3O2/c1-16(2)12-19(10-9-18(16)3)15(20)8-11-21-14-7-5-4-6-13(14)17/h4-7H,8-12,17H2,1-3H3. The fourth-order valence-electron chi connectivity index (χ4n) is 2.47. The number of nitrogen functional groups attached to an aromatic ring is 1. The molecule has 2 rings (SSSR count). The van der Waals surface area contributed by atoms with E-state index in [0.29, 0.717) is 24.5 Å². The summed E-state index contributed by atoms with van der Waals surface area (Å²) in [5.74, 6) is 0.787. The molecule has 116 valence electrons. The van der Waals surface area contributed by atoms with Gasteiger partial charge in [-0.2, -0.15) is 0 Å². The second kappa shape index (κ2) is 6.35. The zero-order valence-corrected chi connectivity index (χ0v) is 13.1. The lowest BCUT2D eigenvalue weighted by Crippen LogP contribution is -2.58. The molecule has 1 fully saturated rings. The zero-order valence-electron chi connectivity index (χ0n) is 13.1. The van der Waals surface area contributed by atoms with Crippen LogP contribution in [0.25, 0.3) is 0 Å². The van der Waals surface area contributed by atoms with Crippen LogP contribution in [0.5, 0.6) is 5.75 Å². The van der Waals surface area contributed by atoms with E-state index in [0.717, 1.165) is 19.6 Å². The molecule has 0 unspecified atom stereocenters. The SMILES string of the molecule is CN1CCN(C(=O)CCOc2ccccc2N)CC1(C)C. The van der Waals surface area contributed by atoms with Gasteiger partial charge in [-0.1, -0.05) is 12.1 Å². The Labute approximate surface area is 126 Å². The fraction of sp³-hybridized carbons (Fsp3) is 0.562. The molecule has 5 heteroatoms. The molecule has 0 saturated carbocycles. The Hall–Kier alpha value is -1.75. The van der Waals surface area contributed by atoms with Crippen LogP contribution in [0.4, 0.5) is 5.69 Å². The van der Waals surface area contributed by atoms with Gasteiger partial charge in [-0.25, -0.2) is 0 Å². The van der Waals surface area contributed by atoms with E-state index in [-0.39, 0.29) is 11.4 Å². The first kappa shape index (κ1) is 15.6. The Bertz CT molecular complexity index is 502. The molecule has 1 aromatic rings. The van der Waals surface area contributed by atoms with Crippen molar-refractivity contribution in [2.45, 2.75) is 25.8 Å². The first-order chi connectivity index (χ1) is 9.90. The van der Waals surface area contributed by atoms with Gasteiger partial charge in [-0.05, 0) is 33.0 Å². The van der Waals surface area contributed by atoms with Crippen LogP contribution < -0.4 is 10.5 Å². The number of hydrogen-bond acceptors (Lipinski definition) is 4. The molecule has 0 radical (unpaired) electrons. The predicted molar refractivity (Wildman–Crippen MR) is 84.3 cm³/mol. The number of ether oxygens (including phenoxy) is 1. The van der Waals surface area contributed by atoms with E-state index in [4.69, 9.17) is 10.5 Å². The average Bonchev–Trinajstić information content (AvgIpc) is 2.43. The predicted octanol–water partition coefficient (Wildman–Crippen LogP) is 1.59. The summed E-state index contributed by atoms with van der Waals surface area (Å²) in [7, 11) is 2.10. The summed E-state index contributed by atoms with van der Waals surface area (Å²) >= 11 is 0. The summed E-state index contributed by atoms with van der Waals surface area (Å²) in [6.07, 6.45) is 0.383. The number of hydrogen-bond donors (Lipinski definition) is 1. The van der Waals surface area contributed by atoms with Crippen molar-refractivity contribution in [2.75, 3.05) is 39.0 Å². The summed E-state index contributed by atoms with van der Waals surface area (Å²) < 4.78 is 5.59. The number of amides is 1. The van der Waals surface area contributed by atoms with Crippen LogP contribution in [0.2, 0.25) is 0 Å². The molecule has 0 aromatic heterocycles. The second-order valence-corrected chi connectivity index (χ2v) is 6.19. The van der Waals surface area contributed by atoms with Crippen LogP contribution in [0.1, 0.15) is 20.3 Å². The Morgan fingerprint density at radius 2 is 2.05 bits per heavy atom. The quantitative estimate of drug-likeness (QED) is 0.856. The minimum Gasteiger partial charge on any atom is -0.491 e. The molecular formula is C16H25N3O2. The minimum atomic E-state index is 0.0264. The van der Waals surface area contributed by atoms with Gasteiger partial charge in [0.15, 0.2) is 0 Å². The van der Waals surface area contributed by atoms with Gasteiger partial charge in [0.25, 0.3) is 0 Å². The van der Waals surface area contributed by atoms with Crippen molar-refractivity contribution in [1.82, 2.24) is 9.80 Å². The maximum Gasteiger partial charge on any atom is 0.226 e. The zero-order chi connectivity index (χ0) is 15.5. The lowest BCUT2D eigenvalue weighted by Gasteiger charge is -2.45. The molecule has 1 aromatic carbocycles. The number of anilines is 1. The second-order valence-electron chi connectivity index (χ2n) is 6.19. The Kier molecular flexibility index (Phi) is 4.73. The molecular weight excluding hydrogens is 266 g/mol. The number of carbonyl (C=O) groups is 1. The summed E-state index contributed by atoms with van der Waals surface area (Å²) in [4.78, 5) is 16.5. The topological polar surface area (TPSA) is 58.8 Å². The summed E-state index contributed by atoms with van der Waals surface area (Å²) in [5, 5.41) is 0. The molecule has 1 heterocycles. The molecule has 0 atom stereocenters. The van der Waals surface area contributed by atoms with Crippen LogP contribution in [-0.4, -0.2) is 54.5 Å². The first-order valence-corrected chi connectivity index (χ1v) is 7.36. The number of carbonyl (C=O) groups excluding carboxylic acids is 1. The smallest absolute Gasteiger partial charge is 0.226 e. The van der Waals surface area contributed by atoms with Crippen molar-refractivity contribution in [3.05, 3.63) is 24.3 Å². The van der Waals surface area contributed by atoms with Crippen molar-refractivity contribution in [1.29, 1.82) is 0 Å². The van der Waals surface area contributed by atoms with E-state index in [1.807, 2.05) is 23.1 Å². The lowest BCUT2D eigenvalue weighted by atomic mass is 9.99. The summed E-state index contributed by atoms with van der Waals surface area (Å²) in [6.45, 7) is 7.13. The van der Waals surface area contributed by atoms with Gasteiger partial charge in [0.2, 0.25) is 5.91 Å². The van der Waals surface area contributed by atoms with Gasteiger partial charge in [0, 0.05) is 25.2 Å². The third-order valence-electron chi connectivity index (χ3n) is 4.16. The van der Waals surface area contributed by atoms with Crippen molar-refractivity contribution in [3.63, 3.8) is 0 Å². The van der Waals surface area contributed by atoms with Crippen LogP contribution in [0.3, 0.4) is 0 Å². The molecule has 2 N–H and O–H groups in total. The molecule has 1 aliphatic rings. The van der Waals surface area contributed by atoms with Crippen molar-refractivity contribution >= 4 is 11.6 Å². The van der Waals surface area contributed by atoms with Crippen LogP contribution in [0, 0.1) is 0 Å².